The van der Waals surface area contributed by atoms with Crippen molar-refractivity contribution < 1.29 is 4.74 Å². The molecule has 0 radical (unpaired) electrons. The largest absolute Gasteiger partial charge is 0.478 e. The van der Waals surface area contributed by atoms with Crippen molar-refractivity contribution in [1.29, 1.82) is 0 Å². The van der Waals surface area contributed by atoms with E-state index < -0.39 is 0 Å². The molecule has 0 aromatic carbocycles. The van der Waals surface area contributed by atoms with Gasteiger partial charge in [-0.25, -0.2) is 0 Å². The van der Waals surface area contributed by atoms with Gasteiger partial charge in [0.05, 0.1) is 6.61 Å². The monoisotopic (exact) mass is 153 g/mol. The zero-order valence-electron chi connectivity index (χ0n) is 7.42. The normalized spacial score (nSPS) is 24.1. The molecule has 0 amide bonds. The maximum Gasteiger partial charge on any atom is 0.208 e. The summed E-state index contributed by atoms with van der Waals surface area (Å²) in [5.41, 5.74) is 1.36. The summed E-state index contributed by atoms with van der Waals surface area (Å²) < 4.78 is 5.28. The van der Waals surface area contributed by atoms with Gasteiger partial charge in [-0.1, -0.05) is 12.5 Å². The van der Waals surface area contributed by atoms with E-state index >= 15 is 0 Å². The molecule has 62 valence electrons. The Morgan fingerprint density at radius 1 is 1.73 bits per heavy atom. The van der Waals surface area contributed by atoms with Gasteiger partial charge in [0, 0.05) is 6.54 Å². The van der Waals surface area contributed by atoms with Crippen LogP contribution in [0.25, 0.3) is 0 Å². The average molecular weight is 153 g/mol. The maximum atomic E-state index is 5.28. The SMILES string of the molecule is CCOC1=NCC(C)C(C)=C1. The van der Waals surface area contributed by atoms with E-state index in [4.69, 9.17) is 4.74 Å². The molecule has 0 saturated heterocycles. The Morgan fingerprint density at radius 2 is 2.45 bits per heavy atom. The quantitative estimate of drug-likeness (QED) is 0.564. The fraction of sp³-hybridized carbons (Fsp3) is 0.667. The minimum absolute atomic E-state index is 0.583. The van der Waals surface area contributed by atoms with Crippen molar-refractivity contribution in [2.24, 2.45) is 10.9 Å². The van der Waals surface area contributed by atoms with Crippen molar-refractivity contribution in [3.8, 4) is 0 Å². The first kappa shape index (κ1) is 8.31. The van der Waals surface area contributed by atoms with E-state index in [1.807, 2.05) is 13.0 Å². The fourth-order valence-electron chi connectivity index (χ4n) is 0.989. The van der Waals surface area contributed by atoms with E-state index in [2.05, 4.69) is 18.8 Å². The average Bonchev–Trinajstić information content (AvgIpc) is 1.98. The highest BCUT2D eigenvalue weighted by atomic mass is 16.5. The third kappa shape index (κ3) is 2.07. The van der Waals surface area contributed by atoms with Crippen molar-refractivity contribution in [3.05, 3.63) is 11.6 Å². The summed E-state index contributed by atoms with van der Waals surface area (Å²) in [6, 6.07) is 0. The van der Waals surface area contributed by atoms with Gasteiger partial charge < -0.3 is 4.74 Å². The molecule has 1 rings (SSSR count). The number of hydrogen-bond acceptors (Lipinski definition) is 2. The Labute approximate surface area is 68.0 Å². The molecule has 1 atom stereocenters. The minimum atomic E-state index is 0.583. The van der Waals surface area contributed by atoms with Crippen LogP contribution >= 0.6 is 0 Å². The lowest BCUT2D eigenvalue weighted by molar-refractivity contribution is 0.326. The van der Waals surface area contributed by atoms with Crippen LogP contribution in [0.5, 0.6) is 0 Å². The van der Waals surface area contributed by atoms with Crippen LogP contribution in [0.3, 0.4) is 0 Å². The molecule has 0 spiro atoms. The third-order valence-electron chi connectivity index (χ3n) is 1.94. The van der Waals surface area contributed by atoms with E-state index in [-0.39, 0.29) is 0 Å². The van der Waals surface area contributed by atoms with Crippen molar-refractivity contribution in [2.75, 3.05) is 13.2 Å². The van der Waals surface area contributed by atoms with Gasteiger partial charge in [-0.15, -0.1) is 0 Å². The number of nitrogens with zero attached hydrogens (tertiary/aromatic N) is 1. The molecule has 0 fully saturated rings. The number of rotatable bonds is 1. The molecule has 11 heavy (non-hydrogen) atoms. The van der Waals surface area contributed by atoms with Gasteiger partial charge in [-0.05, 0) is 25.8 Å². The summed E-state index contributed by atoms with van der Waals surface area (Å²) in [7, 11) is 0. The maximum absolute atomic E-state index is 5.28. The Hall–Kier alpha value is -0.790. The smallest absolute Gasteiger partial charge is 0.208 e. The highest BCUT2D eigenvalue weighted by Crippen LogP contribution is 2.14. The summed E-state index contributed by atoms with van der Waals surface area (Å²) in [6.45, 7) is 7.86. The highest BCUT2D eigenvalue weighted by Gasteiger charge is 2.10. The van der Waals surface area contributed by atoms with Gasteiger partial charge in [-0.2, -0.15) is 0 Å². The van der Waals surface area contributed by atoms with Crippen LogP contribution in [-0.4, -0.2) is 19.0 Å². The topological polar surface area (TPSA) is 21.6 Å². The lowest BCUT2D eigenvalue weighted by Crippen LogP contribution is -2.13. The summed E-state index contributed by atoms with van der Waals surface area (Å²) in [5, 5.41) is 0. The predicted molar refractivity (Wildman–Crippen MR) is 46.8 cm³/mol. The first-order valence-corrected chi connectivity index (χ1v) is 4.09. The van der Waals surface area contributed by atoms with Crippen molar-refractivity contribution in [3.63, 3.8) is 0 Å². The van der Waals surface area contributed by atoms with Crippen LogP contribution in [0.1, 0.15) is 20.8 Å². The van der Waals surface area contributed by atoms with E-state index in [1.165, 1.54) is 5.57 Å². The minimum Gasteiger partial charge on any atom is -0.478 e. The lowest BCUT2D eigenvalue weighted by Gasteiger charge is -2.15. The molecular weight excluding hydrogens is 138 g/mol. The van der Waals surface area contributed by atoms with Gasteiger partial charge in [0.1, 0.15) is 0 Å². The molecule has 0 bridgehead atoms. The molecule has 2 nitrogen and oxygen atoms in total. The van der Waals surface area contributed by atoms with Gasteiger partial charge >= 0.3 is 0 Å². The highest BCUT2D eigenvalue weighted by molar-refractivity contribution is 5.89. The second-order valence-corrected chi connectivity index (χ2v) is 2.90. The molecule has 0 aliphatic carbocycles. The van der Waals surface area contributed by atoms with Crippen LogP contribution in [-0.2, 0) is 4.74 Å². The predicted octanol–water partition coefficient (Wildman–Crippen LogP) is 2.02. The molecule has 1 heterocycles. The van der Waals surface area contributed by atoms with Crippen LogP contribution in [0.15, 0.2) is 16.6 Å². The molecular formula is C9H15NO. The number of aliphatic imine (C=N–C) groups is 1. The van der Waals surface area contributed by atoms with Gasteiger partial charge in [0.25, 0.3) is 0 Å². The molecule has 1 unspecified atom stereocenters. The zero-order chi connectivity index (χ0) is 8.27. The zero-order valence-corrected chi connectivity index (χ0v) is 7.42. The summed E-state index contributed by atoms with van der Waals surface area (Å²) in [6.07, 6.45) is 2.03. The molecule has 2 heteroatoms. The van der Waals surface area contributed by atoms with Gasteiger partial charge in [0.2, 0.25) is 5.90 Å². The third-order valence-corrected chi connectivity index (χ3v) is 1.94. The molecule has 0 saturated carbocycles. The van der Waals surface area contributed by atoms with E-state index in [1.54, 1.807) is 0 Å². The van der Waals surface area contributed by atoms with Crippen LogP contribution in [0.2, 0.25) is 0 Å². The second kappa shape index (κ2) is 3.56. The van der Waals surface area contributed by atoms with E-state index in [9.17, 15) is 0 Å². The Kier molecular flexibility index (Phi) is 2.69. The molecule has 0 aromatic heterocycles. The summed E-state index contributed by atoms with van der Waals surface area (Å²) in [5.74, 6) is 1.38. The molecule has 1 aliphatic rings. The van der Waals surface area contributed by atoms with Crippen LogP contribution in [0, 0.1) is 5.92 Å². The number of dihydropyridines is 1. The molecule has 0 aromatic rings. The summed E-state index contributed by atoms with van der Waals surface area (Å²) >= 11 is 0. The lowest BCUT2D eigenvalue weighted by atomic mass is 10.0. The van der Waals surface area contributed by atoms with Crippen molar-refractivity contribution in [2.45, 2.75) is 20.8 Å². The molecule has 0 N–H and O–H groups in total. The number of hydrogen-bond donors (Lipinski definition) is 0. The van der Waals surface area contributed by atoms with Crippen LogP contribution in [0.4, 0.5) is 0 Å². The van der Waals surface area contributed by atoms with E-state index in [0.29, 0.717) is 12.5 Å². The van der Waals surface area contributed by atoms with E-state index in [0.717, 1.165) is 12.4 Å². The number of ether oxygens (including phenoxy) is 1. The van der Waals surface area contributed by atoms with Crippen LogP contribution < -0.4 is 0 Å². The Bertz CT molecular complexity index is 194. The van der Waals surface area contributed by atoms with Crippen molar-refractivity contribution in [1.82, 2.24) is 0 Å². The second-order valence-electron chi connectivity index (χ2n) is 2.90. The standard InChI is InChI=1S/C9H15NO/c1-4-11-9-5-7(2)8(3)6-10-9/h5,8H,4,6H2,1-3H3. The molecule has 1 aliphatic heterocycles. The Morgan fingerprint density at radius 3 is 3.00 bits per heavy atom. The fourth-order valence-corrected chi connectivity index (χ4v) is 0.989. The Balaban J connectivity index is 2.59. The first-order chi connectivity index (χ1) is 5.24. The van der Waals surface area contributed by atoms with Crippen molar-refractivity contribution >= 4 is 5.90 Å². The van der Waals surface area contributed by atoms with Gasteiger partial charge in [0.15, 0.2) is 0 Å². The van der Waals surface area contributed by atoms with Gasteiger partial charge in [-0.3, -0.25) is 4.99 Å². The summed E-state index contributed by atoms with van der Waals surface area (Å²) in [4.78, 5) is 4.27. The first-order valence-electron chi connectivity index (χ1n) is 4.09.